The zero-order valence-corrected chi connectivity index (χ0v) is 13.7. The largest absolute Gasteiger partial charge is 0.288 e. The molecule has 0 amide bonds. The first-order chi connectivity index (χ1) is 8.11. The van der Waals surface area contributed by atoms with Gasteiger partial charge in [-0.15, -0.1) is 11.3 Å². The fourth-order valence-corrected chi connectivity index (χ4v) is 3.34. The van der Waals surface area contributed by atoms with Gasteiger partial charge in [0.25, 0.3) is 0 Å². The molecule has 88 valence electrons. The maximum absolute atomic E-state index is 12.3. The summed E-state index contributed by atoms with van der Waals surface area (Å²) in [5.41, 5.74) is 0.768. The Morgan fingerprint density at radius 3 is 2.76 bits per heavy atom. The van der Waals surface area contributed by atoms with Gasteiger partial charge >= 0.3 is 0 Å². The summed E-state index contributed by atoms with van der Waals surface area (Å²) in [7, 11) is 0. The molecule has 1 aromatic carbocycles. The van der Waals surface area contributed by atoms with Gasteiger partial charge in [0.15, 0.2) is 0 Å². The van der Waals surface area contributed by atoms with Crippen molar-refractivity contribution in [3.05, 3.63) is 53.7 Å². The van der Waals surface area contributed by atoms with Crippen LogP contribution in [0.3, 0.4) is 0 Å². The highest BCUT2D eigenvalue weighted by Gasteiger charge is 2.14. The highest BCUT2D eigenvalue weighted by Crippen LogP contribution is 2.25. The van der Waals surface area contributed by atoms with Crippen LogP contribution in [0, 0.1) is 3.57 Å². The molecule has 0 N–H and O–H groups in total. The molecule has 0 saturated carbocycles. The van der Waals surface area contributed by atoms with E-state index in [9.17, 15) is 4.79 Å². The molecule has 1 nitrogen and oxygen atoms in total. The fourth-order valence-electron chi connectivity index (χ4n) is 1.49. The van der Waals surface area contributed by atoms with Crippen LogP contribution in [0.5, 0.6) is 0 Å². The molecule has 0 atom stereocenters. The number of halogens is 2. The molecule has 0 fully saturated rings. The molecule has 0 aliphatic carbocycles. The minimum atomic E-state index is 0.111. The van der Waals surface area contributed by atoms with Gasteiger partial charge in [-0.3, -0.25) is 4.79 Å². The van der Waals surface area contributed by atoms with Crippen molar-refractivity contribution in [2.75, 3.05) is 0 Å². The first kappa shape index (κ1) is 13.2. The molecule has 2 rings (SSSR count). The highest BCUT2D eigenvalue weighted by atomic mass is 127. The van der Waals surface area contributed by atoms with E-state index in [4.69, 9.17) is 0 Å². The second-order valence-corrected chi connectivity index (χ2v) is 6.82. The average Bonchev–Trinajstić information content (AvgIpc) is 2.80. The van der Waals surface area contributed by atoms with Gasteiger partial charge in [-0.25, -0.2) is 0 Å². The van der Waals surface area contributed by atoms with E-state index in [1.54, 1.807) is 11.3 Å². The van der Waals surface area contributed by atoms with E-state index in [-0.39, 0.29) is 5.78 Å². The molecule has 1 aromatic heterocycles. The molecule has 0 aliphatic heterocycles. The number of thiophene rings is 1. The van der Waals surface area contributed by atoms with Crippen molar-refractivity contribution in [3.63, 3.8) is 0 Å². The van der Waals surface area contributed by atoms with Gasteiger partial charge < -0.3 is 0 Å². The fraction of sp³-hybridized carbons (Fsp3) is 0.154. The van der Waals surface area contributed by atoms with E-state index < -0.39 is 0 Å². The van der Waals surface area contributed by atoms with E-state index in [1.165, 1.54) is 4.88 Å². The number of carbonyl (C=O) groups excluding carboxylic acids is 1. The summed E-state index contributed by atoms with van der Waals surface area (Å²) in [5.74, 6) is 0.111. The summed E-state index contributed by atoms with van der Waals surface area (Å²) in [6.07, 6.45) is 0.980. The normalized spacial score (nSPS) is 10.5. The van der Waals surface area contributed by atoms with Crippen molar-refractivity contribution in [1.82, 2.24) is 0 Å². The Balaban J connectivity index is 2.39. The first-order valence-electron chi connectivity index (χ1n) is 5.20. The van der Waals surface area contributed by atoms with E-state index in [2.05, 4.69) is 45.4 Å². The predicted octanol–water partition coefficient (Wildman–Crippen LogP) is 4.91. The number of hydrogen-bond donors (Lipinski definition) is 0. The highest BCUT2D eigenvalue weighted by molar-refractivity contribution is 14.1. The SMILES string of the molecule is CCc1ccc(C(=O)c2cc(Br)ccc2I)s1. The Bertz CT molecular complexity index is 562. The zero-order valence-electron chi connectivity index (χ0n) is 9.17. The van der Waals surface area contributed by atoms with E-state index in [1.807, 2.05) is 30.3 Å². The van der Waals surface area contributed by atoms with Crippen LogP contribution in [-0.2, 0) is 6.42 Å². The quantitative estimate of drug-likeness (QED) is 0.509. The van der Waals surface area contributed by atoms with Gasteiger partial charge in [0.1, 0.15) is 0 Å². The molecule has 0 spiro atoms. The van der Waals surface area contributed by atoms with Crippen LogP contribution in [0.25, 0.3) is 0 Å². The van der Waals surface area contributed by atoms with Crippen LogP contribution in [0.4, 0.5) is 0 Å². The summed E-state index contributed by atoms with van der Waals surface area (Å²) in [4.78, 5) is 14.4. The summed E-state index contributed by atoms with van der Waals surface area (Å²) in [6.45, 7) is 2.10. The molecular formula is C13H10BrIOS. The van der Waals surface area contributed by atoms with Crippen molar-refractivity contribution >= 4 is 55.6 Å². The smallest absolute Gasteiger partial charge is 0.204 e. The Labute approximate surface area is 127 Å². The van der Waals surface area contributed by atoms with Crippen molar-refractivity contribution in [2.24, 2.45) is 0 Å². The van der Waals surface area contributed by atoms with Crippen molar-refractivity contribution < 1.29 is 4.79 Å². The van der Waals surface area contributed by atoms with Gasteiger partial charge in [-0.1, -0.05) is 22.9 Å². The summed E-state index contributed by atoms with van der Waals surface area (Å²) in [6, 6.07) is 9.73. The van der Waals surface area contributed by atoms with Gasteiger partial charge in [-0.2, -0.15) is 0 Å². The number of carbonyl (C=O) groups is 1. The number of ketones is 1. The molecule has 17 heavy (non-hydrogen) atoms. The van der Waals surface area contributed by atoms with Crippen molar-refractivity contribution in [1.29, 1.82) is 0 Å². The van der Waals surface area contributed by atoms with Crippen LogP contribution in [0.1, 0.15) is 27.0 Å². The van der Waals surface area contributed by atoms with Gasteiger partial charge in [0, 0.05) is 18.5 Å². The van der Waals surface area contributed by atoms with Crippen LogP contribution in [-0.4, -0.2) is 5.78 Å². The van der Waals surface area contributed by atoms with E-state index in [0.29, 0.717) is 0 Å². The zero-order chi connectivity index (χ0) is 12.4. The third-order valence-electron chi connectivity index (χ3n) is 2.41. The van der Waals surface area contributed by atoms with E-state index >= 15 is 0 Å². The third-order valence-corrected chi connectivity index (χ3v) is 5.07. The van der Waals surface area contributed by atoms with Crippen LogP contribution >= 0.6 is 49.9 Å². The standard InChI is InChI=1S/C13H10BrIOS/c1-2-9-4-6-12(17-9)13(16)10-7-8(14)3-5-11(10)15/h3-7H,2H2,1H3. The molecule has 0 radical (unpaired) electrons. The summed E-state index contributed by atoms with van der Waals surface area (Å²) < 4.78 is 1.93. The predicted molar refractivity (Wildman–Crippen MR) is 84.0 cm³/mol. The van der Waals surface area contributed by atoms with Crippen molar-refractivity contribution in [3.8, 4) is 0 Å². The Kier molecular flexibility index (Phi) is 4.38. The second-order valence-electron chi connectivity index (χ2n) is 3.57. The summed E-state index contributed by atoms with van der Waals surface area (Å²) in [5, 5.41) is 0. The van der Waals surface area contributed by atoms with Gasteiger partial charge in [0.05, 0.1) is 4.88 Å². The van der Waals surface area contributed by atoms with E-state index in [0.717, 1.165) is 24.9 Å². The maximum Gasteiger partial charge on any atom is 0.204 e. The lowest BCUT2D eigenvalue weighted by Crippen LogP contribution is -2.01. The number of hydrogen-bond acceptors (Lipinski definition) is 2. The second kappa shape index (κ2) is 5.63. The first-order valence-corrected chi connectivity index (χ1v) is 7.89. The number of benzene rings is 1. The Morgan fingerprint density at radius 1 is 1.35 bits per heavy atom. The third kappa shape index (κ3) is 2.98. The maximum atomic E-state index is 12.3. The molecule has 0 saturated heterocycles. The molecule has 1 heterocycles. The van der Waals surface area contributed by atoms with Crippen LogP contribution < -0.4 is 0 Å². The minimum absolute atomic E-state index is 0.111. The molecule has 2 aromatic rings. The van der Waals surface area contributed by atoms with Crippen molar-refractivity contribution in [2.45, 2.75) is 13.3 Å². The summed E-state index contributed by atoms with van der Waals surface area (Å²) >= 11 is 7.18. The Hall–Kier alpha value is -0.200. The molecule has 0 unspecified atom stereocenters. The molecule has 4 heteroatoms. The number of rotatable bonds is 3. The lowest BCUT2D eigenvalue weighted by atomic mass is 10.1. The number of aryl methyl sites for hydroxylation is 1. The minimum Gasteiger partial charge on any atom is -0.288 e. The Morgan fingerprint density at radius 2 is 2.12 bits per heavy atom. The lowest BCUT2D eigenvalue weighted by Gasteiger charge is -2.02. The van der Waals surface area contributed by atoms with Crippen LogP contribution in [0.15, 0.2) is 34.8 Å². The average molecular weight is 421 g/mol. The van der Waals surface area contributed by atoms with Gasteiger partial charge in [0.2, 0.25) is 5.78 Å². The van der Waals surface area contributed by atoms with Gasteiger partial charge in [-0.05, 0) is 59.3 Å². The molecule has 0 bridgehead atoms. The topological polar surface area (TPSA) is 17.1 Å². The van der Waals surface area contributed by atoms with Crippen LogP contribution in [0.2, 0.25) is 0 Å². The lowest BCUT2D eigenvalue weighted by molar-refractivity contribution is 0.104. The molecule has 0 aliphatic rings. The molecular weight excluding hydrogens is 411 g/mol. The monoisotopic (exact) mass is 420 g/mol.